The number of aromatic nitrogens is 2. The molecule has 0 aliphatic carbocycles. The van der Waals surface area contributed by atoms with Gasteiger partial charge in [-0.1, -0.05) is 6.92 Å². The minimum Gasteiger partial charge on any atom is -0.394 e. The van der Waals surface area contributed by atoms with Gasteiger partial charge in [-0.25, -0.2) is 9.97 Å². The molecule has 0 saturated carbocycles. The number of nitrogen functional groups attached to an aromatic ring is 1. The van der Waals surface area contributed by atoms with Crippen LogP contribution in [0.5, 0.6) is 0 Å². The van der Waals surface area contributed by atoms with E-state index in [0.29, 0.717) is 5.69 Å². The van der Waals surface area contributed by atoms with E-state index in [4.69, 9.17) is 5.73 Å². The molecule has 2 N–H and O–H groups in total. The van der Waals surface area contributed by atoms with Gasteiger partial charge < -0.3 is 10.6 Å². The van der Waals surface area contributed by atoms with Gasteiger partial charge in [0.05, 0.1) is 11.9 Å². The Bertz CT molecular complexity index is 305. The third kappa shape index (κ3) is 1.78. The van der Waals surface area contributed by atoms with Gasteiger partial charge in [0.2, 0.25) is 0 Å². The molecule has 76 valence electrons. The fourth-order valence-corrected chi connectivity index (χ4v) is 1.82. The zero-order valence-corrected chi connectivity index (χ0v) is 8.48. The lowest BCUT2D eigenvalue weighted by atomic mass is 9.99. The normalized spacial score (nSPS) is 18.5. The zero-order chi connectivity index (χ0) is 9.97. The van der Waals surface area contributed by atoms with E-state index in [2.05, 4.69) is 21.8 Å². The highest BCUT2D eigenvalue weighted by Gasteiger charge is 2.18. The second kappa shape index (κ2) is 3.82. The van der Waals surface area contributed by atoms with Gasteiger partial charge in [-0.3, -0.25) is 0 Å². The lowest BCUT2D eigenvalue weighted by molar-refractivity contribution is 0.437. The summed E-state index contributed by atoms with van der Waals surface area (Å²) in [4.78, 5) is 10.4. The molecule has 0 atom stereocenters. The highest BCUT2D eigenvalue weighted by molar-refractivity contribution is 5.60. The Hall–Kier alpha value is -1.32. The predicted molar refractivity (Wildman–Crippen MR) is 57.1 cm³/mol. The first-order chi connectivity index (χ1) is 6.77. The SMILES string of the molecule is CC1CCN(c2ncncc2N)CC1. The molecule has 14 heavy (non-hydrogen) atoms. The van der Waals surface area contributed by atoms with Crippen molar-refractivity contribution < 1.29 is 0 Å². The molecule has 0 bridgehead atoms. The van der Waals surface area contributed by atoms with Crippen LogP contribution in [0.2, 0.25) is 0 Å². The molecule has 0 amide bonds. The van der Waals surface area contributed by atoms with Crippen LogP contribution in [0.25, 0.3) is 0 Å². The molecule has 1 fully saturated rings. The molecule has 2 heterocycles. The van der Waals surface area contributed by atoms with Crippen LogP contribution in [0.15, 0.2) is 12.5 Å². The van der Waals surface area contributed by atoms with Crippen molar-refractivity contribution in [3.63, 3.8) is 0 Å². The summed E-state index contributed by atoms with van der Waals surface area (Å²) in [6.07, 6.45) is 5.68. The van der Waals surface area contributed by atoms with Crippen LogP contribution in [0, 0.1) is 5.92 Å². The van der Waals surface area contributed by atoms with Gasteiger partial charge in [-0.2, -0.15) is 0 Å². The van der Waals surface area contributed by atoms with E-state index in [0.717, 1.165) is 24.8 Å². The van der Waals surface area contributed by atoms with Gasteiger partial charge in [-0.05, 0) is 18.8 Å². The van der Waals surface area contributed by atoms with Crippen molar-refractivity contribution in [2.45, 2.75) is 19.8 Å². The molecular weight excluding hydrogens is 176 g/mol. The van der Waals surface area contributed by atoms with Gasteiger partial charge >= 0.3 is 0 Å². The summed E-state index contributed by atoms with van der Waals surface area (Å²) in [6, 6.07) is 0. The summed E-state index contributed by atoms with van der Waals surface area (Å²) < 4.78 is 0. The van der Waals surface area contributed by atoms with Gasteiger partial charge in [0, 0.05) is 13.1 Å². The van der Waals surface area contributed by atoms with Crippen molar-refractivity contribution in [1.29, 1.82) is 0 Å². The Balaban J connectivity index is 2.12. The summed E-state index contributed by atoms with van der Waals surface area (Å²) >= 11 is 0. The highest BCUT2D eigenvalue weighted by Crippen LogP contribution is 2.24. The van der Waals surface area contributed by atoms with Crippen LogP contribution >= 0.6 is 0 Å². The predicted octanol–water partition coefficient (Wildman–Crippen LogP) is 1.30. The topological polar surface area (TPSA) is 55.0 Å². The van der Waals surface area contributed by atoms with E-state index in [1.807, 2.05) is 0 Å². The fourth-order valence-electron chi connectivity index (χ4n) is 1.82. The first-order valence-corrected chi connectivity index (χ1v) is 5.08. The molecule has 0 unspecified atom stereocenters. The second-order valence-corrected chi connectivity index (χ2v) is 3.97. The monoisotopic (exact) mass is 192 g/mol. The number of nitrogens with zero attached hydrogens (tertiary/aromatic N) is 3. The van der Waals surface area contributed by atoms with Gasteiger partial charge in [0.15, 0.2) is 5.82 Å². The molecule has 1 saturated heterocycles. The Morgan fingerprint density at radius 3 is 2.79 bits per heavy atom. The molecule has 1 aromatic heterocycles. The minimum absolute atomic E-state index is 0.682. The van der Waals surface area contributed by atoms with E-state index in [9.17, 15) is 0 Å². The average molecular weight is 192 g/mol. The summed E-state index contributed by atoms with van der Waals surface area (Å²) in [5, 5.41) is 0. The largest absolute Gasteiger partial charge is 0.394 e. The number of anilines is 2. The Labute approximate surface area is 84.2 Å². The highest BCUT2D eigenvalue weighted by atomic mass is 15.2. The van der Waals surface area contributed by atoms with Gasteiger partial charge in [-0.15, -0.1) is 0 Å². The molecule has 2 rings (SSSR count). The molecule has 0 radical (unpaired) electrons. The number of piperidine rings is 1. The Morgan fingerprint density at radius 1 is 1.43 bits per heavy atom. The molecule has 4 nitrogen and oxygen atoms in total. The first kappa shape index (κ1) is 9.24. The Morgan fingerprint density at radius 2 is 2.14 bits per heavy atom. The van der Waals surface area contributed by atoms with Crippen LogP contribution in [-0.2, 0) is 0 Å². The van der Waals surface area contributed by atoms with Crippen LogP contribution in [0.1, 0.15) is 19.8 Å². The van der Waals surface area contributed by atoms with Crippen molar-refractivity contribution in [1.82, 2.24) is 9.97 Å². The summed E-state index contributed by atoms with van der Waals surface area (Å²) in [5.74, 6) is 1.72. The molecule has 1 aliphatic rings. The van der Waals surface area contributed by atoms with E-state index in [-0.39, 0.29) is 0 Å². The third-order valence-corrected chi connectivity index (χ3v) is 2.80. The number of hydrogen-bond acceptors (Lipinski definition) is 4. The second-order valence-electron chi connectivity index (χ2n) is 3.97. The summed E-state index contributed by atoms with van der Waals surface area (Å²) in [7, 11) is 0. The summed E-state index contributed by atoms with van der Waals surface area (Å²) in [6.45, 7) is 4.41. The van der Waals surface area contributed by atoms with Gasteiger partial charge in [0.1, 0.15) is 6.33 Å². The number of nitrogens with two attached hydrogens (primary N) is 1. The lowest BCUT2D eigenvalue weighted by Crippen LogP contribution is -2.33. The average Bonchev–Trinajstić information content (AvgIpc) is 2.20. The van der Waals surface area contributed by atoms with E-state index < -0.39 is 0 Å². The Kier molecular flexibility index (Phi) is 2.52. The summed E-state index contributed by atoms with van der Waals surface area (Å²) in [5.41, 5.74) is 6.50. The standard InChI is InChI=1S/C10H16N4/c1-8-2-4-14(5-3-8)10-9(11)6-12-7-13-10/h6-8H,2-5,11H2,1H3. The van der Waals surface area contributed by atoms with Crippen molar-refractivity contribution in [2.75, 3.05) is 23.7 Å². The molecule has 0 spiro atoms. The first-order valence-electron chi connectivity index (χ1n) is 5.08. The van der Waals surface area contributed by atoms with Gasteiger partial charge in [0.25, 0.3) is 0 Å². The van der Waals surface area contributed by atoms with Crippen molar-refractivity contribution in [3.05, 3.63) is 12.5 Å². The molecule has 0 aromatic carbocycles. The molecule has 1 aliphatic heterocycles. The van der Waals surface area contributed by atoms with Crippen LogP contribution < -0.4 is 10.6 Å². The van der Waals surface area contributed by atoms with Crippen molar-refractivity contribution >= 4 is 11.5 Å². The van der Waals surface area contributed by atoms with E-state index >= 15 is 0 Å². The quantitative estimate of drug-likeness (QED) is 0.728. The molecule has 1 aromatic rings. The lowest BCUT2D eigenvalue weighted by Gasteiger charge is -2.31. The number of rotatable bonds is 1. The smallest absolute Gasteiger partial charge is 0.155 e. The maximum Gasteiger partial charge on any atom is 0.155 e. The van der Waals surface area contributed by atoms with Crippen LogP contribution in [0.4, 0.5) is 11.5 Å². The number of hydrogen-bond donors (Lipinski definition) is 1. The zero-order valence-electron chi connectivity index (χ0n) is 8.48. The maximum atomic E-state index is 5.82. The van der Waals surface area contributed by atoms with E-state index in [1.165, 1.54) is 12.8 Å². The fraction of sp³-hybridized carbons (Fsp3) is 0.600. The third-order valence-electron chi connectivity index (χ3n) is 2.80. The van der Waals surface area contributed by atoms with Crippen molar-refractivity contribution in [3.8, 4) is 0 Å². The minimum atomic E-state index is 0.682. The molecule has 4 heteroatoms. The van der Waals surface area contributed by atoms with Crippen LogP contribution in [-0.4, -0.2) is 23.1 Å². The van der Waals surface area contributed by atoms with Crippen LogP contribution in [0.3, 0.4) is 0 Å². The maximum absolute atomic E-state index is 5.82. The van der Waals surface area contributed by atoms with Crippen molar-refractivity contribution in [2.24, 2.45) is 5.92 Å². The molecular formula is C10H16N4. The van der Waals surface area contributed by atoms with E-state index in [1.54, 1.807) is 12.5 Å².